The van der Waals surface area contributed by atoms with Crippen LogP contribution < -0.4 is 5.32 Å². The Hall–Kier alpha value is -2.45. The average molecular weight is 312 g/mol. The summed E-state index contributed by atoms with van der Waals surface area (Å²) >= 11 is 5.76. The van der Waals surface area contributed by atoms with Gasteiger partial charge in [-0.25, -0.2) is 0 Å². The number of hydrogen-bond donors (Lipinski definition) is 2. The highest BCUT2D eigenvalue weighted by atomic mass is 35.5. The zero-order chi connectivity index (χ0) is 15.6. The molecule has 1 aromatic rings. The third-order valence-electron chi connectivity index (χ3n) is 2.77. The number of hydrogen-bond acceptors (Lipinski definition) is 6. The zero-order valence-corrected chi connectivity index (χ0v) is 11.3. The van der Waals surface area contributed by atoms with Crippen LogP contribution in [0, 0.1) is 10.1 Å². The number of nitro groups is 1. The van der Waals surface area contributed by atoms with Gasteiger partial charge in [0.2, 0.25) is 0 Å². The molecule has 0 saturated carbocycles. The second-order valence-corrected chi connectivity index (χ2v) is 4.50. The van der Waals surface area contributed by atoms with Crippen molar-refractivity contribution in [2.75, 3.05) is 18.5 Å². The molecule has 1 aliphatic rings. The molecule has 0 atom stereocenters. The lowest BCUT2D eigenvalue weighted by Crippen LogP contribution is -2.34. The van der Waals surface area contributed by atoms with Gasteiger partial charge in [-0.05, 0) is 12.1 Å². The molecular weight excluding hydrogens is 302 g/mol. The number of anilines is 1. The minimum absolute atomic E-state index is 0.00532. The molecule has 1 aliphatic heterocycles. The van der Waals surface area contributed by atoms with E-state index < -0.39 is 16.7 Å². The van der Waals surface area contributed by atoms with Gasteiger partial charge in [0.1, 0.15) is 16.4 Å². The molecule has 21 heavy (non-hydrogen) atoms. The van der Waals surface area contributed by atoms with Gasteiger partial charge in [0, 0.05) is 6.08 Å². The minimum atomic E-state index is -0.683. The predicted octanol–water partition coefficient (Wildman–Crippen LogP) is 0.905. The van der Waals surface area contributed by atoms with Crippen LogP contribution >= 0.6 is 11.6 Å². The standard InChI is InChI=1S/C12H10ClN3O5/c13-7-2-1-3-8(11(7)16(20)21)14-9-6-10(18)15(4-5-17)12(9)19/h1-3,6,14,17H,4-5H2. The van der Waals surface area contributed by atoms with Crippen LogP contribution in [0.4, 0.5) is 11.4 Å². The molecule has 0 radical (unpaired) electrons. The van der Waals surface area contributed by atoms with Crippen molar-refractivity contribution in [2.45, 2.75) is 0 Å². The van der Waals surface area contributed by atoms with E-state index in [1.165, 1.54) is 18.2 Å². The Kier molecular flexibility index (Phi) is 4.20. The molecule has 0 fully saturated rings. The van der Waals surface area contributed by atoms with E-state index >= 15 is 0 Å². The van der Waals surface area contributed by atoms with Gasteiger partial charge in [0.05, 0.1) is 18.1 Å². The molecule has 2 amide bonds. The third kappa shape index (κ3) is 2.86. The number of para-hydroxylation sites is 1. The fourth-order valence-corrected chi connectivity index (χ4v) is 2.10. The normalized spacial score (nSPS) is 14.4. The zero-order valence-electron chi connectivity index (χ0n) is 10.6. The molecule has 1 heterocycles. The lowest BCUT2D eigenvalue weighted by molar-refractivity contribution is -0.383. The number of aliphatic hydroxyl groups excluding tert-OH is 1. The molecular formula is C12H10ClN3O5. The van der Waals surface area contributed by atoms with Gasteiger partial charge in [0.15, 0.2) is 0 Å². The number of nitrogens with one attached hydrogen (secondary N) is 1. The lowest BCUT2D eigenvalue weighted by Gasteiger charge is -2.13. The largest absolute Gasteiger partial charge is 0.395 e. The van der Waals surface area contributed by atoms with Gasteiger partial charge in [-0.15, -0.1) is 0 Å². The van der Waals surface area contributed by atoms with Crippen molar-refractivity contribution in [1.29, 1.82) is 0 Å². The number of benzene rings is 1. The molecule has 9 heteroatoms. The number of imide groups is 1. The number of amides is 2. The van der Waals surface area contributed by atoms with Crippen LogP contribution in [-0.4, -0.2) is 39.9 Å². The van der Waals surface area contributed by atoms with Crippen LogP contribution in [0.25, 0.3) is 0 Å². The number of aliphatic hydroxyl groups is 1. The van der Waals surface area contributed by atoms with E-state index in [1.54, 1.807) is 0 Å². The number of β-amino-alcohol motifs (C(OH)–C–C–N with tert-alkyl or cyclic N) is 1. The first-order valence-corrected chi connectivity index (χ1v) is 6.21. The van der Waals surface area contributed by atoms with E-state index in [1.807, 2.05) is 0 Å². The summed E-state index contributed by atoms with van der Waals surface area (Å²) in [6.07, 6.45) is 1.02. The summed E-state index contributed by atoms with van der Waals surface area (Å²) in [5, 5.41) is 22.2. The topological polar surface area (TPSA) is 113 Å². The van der Waals surface area contributed by atoms with Gasteiger partial charge in [0.25, 0.3) is 11.8 Å². The number of carbonyl (C=O) groups excluding carboxylic acids is 2. The highest BCUT2D eigenvalue weighted by Crippen LogP contribution is 2.33. The first kappa shape index (κ1) is 14.9. The summed E-state index contributed by atoms with van der Waals surface area (Å²) in [6.45, 7) is -0.507. The van der Waals surface area contributed by atoms with Crippen LogP contribution in [0.5, 0.6) is 0 Å². The SMILES string of the molecule is O=C1C=C(Nc2cccc(Cl)c2[N+](=O)[O-])C(=O)N1CCO. The van der Waals surface area contributed by atoms with Crippen LogP contribution in [0.1, 0.15) is 0 Å². The van der Waals surface area contributed by atoms with Crippen LogP contribution in [0.3, 0.4) is 0 Å². The van der Waals surface area contributed by atoms with E-state index in [0.29, 0.717) is 0 Å². The summed E-state index contributed by atoms with van der Waals surface area (Å²) in [7, 11) is 0. The molecule has 0 saturated heterocycles. The quantitative estimate of drug-likeness (QED) is 0.474. The van der Waals surface area contributed by atoms with Gasteiger partial charge in [-0.1, -0.05) is 17.7 Å². The maximum atomic E-state index is 11.9. The molecule has 0 aromatic heterocycles. The number of carbonyl (C=O) groups is 2. The van der Waals surface area contributed by atoms with Gasteiger partial charge >= 0.3 is 5.69 Å². The second-order valence-electron chi connectivity index (χ2n) is 4.09. The van der Waals surface area contributed by atoms with Crippen LogP contribution in [0.2, 0.25) is 5.02 Å². The third-order valence-corrected chi connectivity index (χ3v) is 3.08. The average Bonchev–Trinajstić information content (AvgIpc) is 2.66. The molecule has 0 bridgehead atoms. The lowest BCUT2D eigenvalue weighted by atomic mass is 10.2. The highest BCUT2D eigenvalue weighted by molar-refractivity contribution is 6.33. The molecule has 2 N–H and O–H groups in total. The molecule has 2 rings (SSSR count). The van der Waals surface area contributed by atoms with Crippen molar-refractivity contribution >= 4 is 34.8 Å². The second kappa shape index (κ2) is 5.90. The molecule has 0 spiro atoms. The Labute approximate surface area is 123 Å². The van der Waals surface area contributed by atoms with Crippen LogP contribution in [0.15, 0.2) is 30.0 Å². The summed E-state index contributed by atoms with van der Waals surface area (Å²) in [5.41, 5.74) is -0.495. The Morgan fingerprint density at radius 2 is 2.10 bits per heavy atom. The van der Waals surface area contributed by atoms with Crippen molar-refractivity contribution in [3.8, 4) is 0 Å². The van der Waals surface area contributed by atoms with E-state index in [4.69, 9.17) is 16.7 Å². The van der Waals surface area contributed by atoms with Crippen molar-refractivity contribution in [3.63, 3.8) is 0 Å². The number of rotatable bonds is 5. The summed E-state index contributed by atoms with van der Waals surface area (Å²) < 4.78 is 0. The van der Waals surface area contributed by atoms with Crippen molar-refractivity contribution in [1.82, 2.24) is 4.90 Å². The van der Waals surface area contributed by atoms with E-state index in [2.05, 4.69) is 5.32 Å². The summed E-state index contributed by atoms with van der Waals surface area (Å²) in [6, 6.07) is 4.20. The first-order valence-electron chi connectivity index (χ1n) is 5.84. The molecule has 0 unspecified atom stereocenters. The molecule has 1 aromatic carbocycles. The predicted molar refractivity (Wildman–Crippen MR) is 73.6 cm³/mol. The Morgan fingerprint density at radius 1 is 1.38 bits per heavy atom. The smallest absolute Gasteiger partial charge is 0.311 e. The Morgan fingerprint density at radius 3 is 2.71 bits per heavy atom. The fourth-order valence-electron chi connectivity index (χ4n) is 1.86. The van der Waals surface area contributed by atoms with Crippen molar-refractivity contribution in [3.05, 3.63) is 45.1 Å². The van der Waals surface area contributed by atoms with Crippen molar-refractivity contribution in [2.24, 2.45) is 0 Å². The van der Waals surface area contributed by atoms with Crippen LogP contribution in [-0.2, 0) is 9.59 Å². The Balaban J connectivity index is 2.30. The fraction of sp³-hybridized carbons (Fsp3) is 0.167. The summed E-state index contributed by atoms with van der Waals surface area (Å²) in [4.78, 5) is 34.7. The van der Waals surface area contributed by atoms with Crippen molar-refractivity contribution < 1.29 is 19.6 Å². The minimum Gasteiger partial charge on any atom is -0.395 e. The van der Waals surface area contributed by atoms with E-state index in [0.717, 1.165) is 11.0 Å². The molecule has 110 valence electrons. The molecule has 8 nitrogen and oxygen atoms in total. The Bertz CT molecular complexity index is 658. The first-order chi connectivity index (χ1) is 9.95. The molecule has 0 aliphatic carbocycles. The van der Waals surface area contributed by atoms with Gasteiger partial charge in [-0.2, -0.15) is 0 Å². The number of halogens is 1. The maximum Gasteiger partial charge on any atom is 0.311 e. The van der Waals surface area contributed by atoms with Gasteiger partial charge < -0.3 is 10.4 Å². The van der Waals surface area contributed by atoms with E-state index in [9.17, 15) is 19.7 Å². The van der Waals surface area contributed by atoms with E-state index in [-0.39, 0.29) is 35.2 Å². The number of nitro benzene ring substituents is 1. The van der Waals surface area contributed by atoms with Gasteiger partial charge in [-0.3, -0.25) is 24.6 Å². The monoisotopic (exact) mass is 311 g/mol. The maximum absolute atomic E-state index is 11.9. The summed E-state index contributed by atoms with van der Waals surface area (Å²) in [5.74, 6) is -1.26. The highest BCUT2D eigenvalue weighted by Gasteiger charge is 2.32. The number of nitrogens with zero attached hydrogens (tertiary/aromatic N) is 2.